The minimum atomic E-state index is -1.49. The van der Waals surface area contributed by atoms with Crippen LogP contribution in [-0.2, 0) is 20.9 Å². The van der Waals surface area contributed by atoms with E-state index in [1.165, 1.54) is 30.7 Å². The molecule has 0 aliphatic carbocycles. The fourth-order valence-electron chi connectivity index (χ4n) is 4.04. The van der Waals surface area contributed by atoms with Gasteiger partial charge in [0.1, 0.15) is 0 Å². The van der Waals surface area contributed by atoms with E-state index in [4.69, 9.17) is 9.94 Å². The zero-order valence-electron chi connectivity index (χ0n) is 19.8. The van der Waals surface area contributed by atoms with Crippen LogP contribution >= 0.6 is 0 Å². The Morgan fingerprint density at radius 3 is 2.41 bits per heavy atom. The second kappa shape index (κ2) is 11.7. The van der Waals surface area contributed by atoms with Gasteiger partial charge in [-0.15, -0.1) is 0 Å². The zero-order chi connectivity index (χ0) is 24.7. The van der Waals surface area contributed by atoms with Crippen molar-refractivity contribution in [1.82, 2.24) is 20.6 Å². The van der Waals surface area contributed by atoms with E-state index in [9.17, 15) is 14.4 Å². The minimum absolute atomic E-state index is 0.322. The third kappa shape index (κ3) is 5.99. The molecule has 1 saturated heterocycles. The van der Waals surface area contributed by atoms with Gasteiger partial charge in [0.25, 0.3) is 17.7 Å². The maximum Gasteiger partial charge on any atom is 0.275 e. The first-order valence-corrected chi connectivity index (χ1v) is 11.3. The maximum absolute atomic E-state index is 12.9. The zero-order valence-corrected chi connectivity index (χ0v) is 19.8. The molecule has 182 valence electrons. The molecule has 34 heavy (non-hydrogen) atoms. The normalized spacial score (nSPS) is 15.2. The van der Waals surface area contributed by atoms with E-state index >= 15 is 0 Å². The first-order chi connectivity index (χ1) is 16.3. The molecule has 3 rings (SSSR count). The monoisotopic (exact) mass is 468 g/mol. The molecule has 1 fully saturated rings. The fourth-order valence-corrected chi connectivity index (χ4v) is 4.04. The van der Waals surface area contributed by atoms with Crippen LogP contribution in [0.3, 0.4) is 0 Å². The number of hydroxylamine groups is 1. The largest absolute Gasteiger partial charge is 0.380 e. The van der Waals surface area contributed by atoms with E-state index in [0.29, 0.717) is 5.56 Å². The van der Waals surface area contributed by atoms with Crippen LogP contribution in [0.25, 0.3) is 11.1 Å². The molecule has 0 spiro atoms. The first-order valence-electron chi connectivity index (χ1n) is 11.3. The molecule has 0 bridgehead atoms. The van der Waals surface area contributed by atoms with Crippen LogP contribution < -0.4 is 10.8 Å². The molecule has 3 N–H and O–H groups in total. The Hall–Kier alpha value is -3.27. The highest BCUT2D eigenvalue weighted by Crippen LogP contribution is 2.24. The molecule has 0 saturated carbocycles. The Morgan fingerprint density at radius 2 is 1.76 bits per heavy atom. The van der Waals surface area contributed by atoms with Crippen molar-refractivity contribution in [2.24, 2.45) is 0 Å². The van der Waals surface area contributed by atoms with Crippen LogP contribution in [0.4, 0.5) is 0 Å². The summed E-state index contributed by atoms with van der Waals surface area (Å²) in [5.74, 6) is -2.21. The van der Waals surface area contributed by atoms with Crippen molar-refractivity contribution in [3.8, 4) is 11.1 Å². The number of aryl methyl sites for hydroxylation is 1. The quantitative estimate of drug-likeness (QED) is 0.323. The molecule has 1 aliphatic rings. The molecule has 0 radical (unpaired) electrons. The number of amides is 3. The van der Waals surface area contributed by atoms with Crippen LogP contribution in [0.2, 0.25) is 0 Å². The molecular formula is C25H32N4O5. The lowest BCUT2D eigenvalue weighted by atomic mass is 9.98. The van der Waals surface area contributed by atoms with E-state index in [2.05, 4.69) is 35.3 Å². The van der Waals surface area contributed by atoms with Gasteiger partial charge in [0, 0.05) is 45.9 Å². The number of hydrogen-bond acceptors (Lipinski definition) is 6. The van der Waals surface area contributed by atoms with Gasteiger partial charge in [-0.3, -0.25) is 24.5 Å². The molecule has 2 aromatic carbocycles. The first kappa shape index (κ1) is 25.4. The van der Waals surface area contributed by atoms with Gasteiger partial charge >= 0.3 is 0 Å². The van der Waals surface area contributed by atoms with E-state index in [0.717, 1.165) is 55.3 Å². The Bertz CT molecular complexity index is 1000. The van der Waals surface area contributed by atoms with Crippen LogP contribution in [0, 0.1) is 6.92 Å². The fraction of sp³-hybridized carbons (Fsp3) is 0.400. The average molecular weight is 469 g/mol. The van der Waals surface area contributed by atoms with Crippen molar-refractivity contribution in [3.63, 3.8) is 0 Å². The number of benzene rings is 2. The molecular weight excluding hydrogens is 436 g/mol. The molecule has 9 heteroatoms. The van der Waals surface area contributed by atoms with E-state index in [-0.39, 0.29) is 0 Å². The number of likely N-dealkylation sites (N-methyl/N-ethyl adjacent to an activating group) is 2. The van der Waals surface area contributed by atoms with Crippen LogP contribution in [0.1, 0.15) is 27.9 Å². The third-order valence-electron chi connectivity index (χ3n) is 6.08. The van der Waals surface area contributed by atoms with Crippen LogP contribution in [0.5, 0.6) is 0 Å². The molecule has 1 atom stereocenters. The highest BCUT2D eigenvalue weighted by Gasteiger charge is 2.33. The highest BCUT2D eigenvalue weighted by atomic mass is 16.5. The summed E-state index contributed by atoms with van der Waals surface area (Å²) in [7, 11) is 2.69. The highest BCUT2D eigenvalue weighted by molar-refractivity contribution is 6.08. The number of ether oxygens (including phenoxy) is 1. The van der Waals surface area contributed by atoms with Gasteiger partial charge in [0.05, 0.1) is 6.61 Å². The lowest BCUT2D eigenvalue weighted by Gasteiger charge is -2.25. The number of nitrogens with zero attached hydrogens (tertiary/aromatic N) is 2. The SMILES string of the molecule is CNC(=O)C(C(=O)NO)N(C)C(=O)c1ccc(-c2ccc(CN3CCCOCC3)c(C)c2)cc1. The van der Waals surface area contributed by atoms with Crippen molar-refractivity contribution >= 4 is 17.7 Å². The van der Waals surface area contributed by atoms with Crippen molar-refractivity contribution in [1.29, 1.82) is 0 Å². The summed E-state index contributed by atoms with van der Waals surface area (Å²) in [6, 6.07) is 11.9. The Labute approximate surface area is 199 Å². The lowest BCUT2D eigenvalue weighted by molar-refractivity contribution is -0.140. The van der Waals surface area contributed by atoms with Crippen molar-refractivity contribution in [3.05, 3.63) is 59.2 Å². The summed E-state index contributed by atoms with van der Waals surface area (Å²) in [6.07, 6.45) is 1.05. The average Bonchev–Trinajstić information content (AvgIpc) is 3.13. The number of carbonyl (C=O) groups is 3. The van der Waals surface area contributed by atoms with Crippen molar-refractivity contribution < 1.29 is 24.3 Å². The lowest BCUT2D eigenvalue weighted by Crippen LogP contribution is -2.54. The molecule has 2 aromatic rings. The van der Waals surface area contributed by atoms with Gasteiger partial charge in [-0.1, -0.05) is 30.3 Å². The van der Waals surface area contributed by atoms with E-state index in [1.54, 1.807) is 12.1 Å². The van der Waals surface area contributed by atoms with Gasteiger partial charge in [-0.05, 0) is 47.7 Å². The molecule has 1 aliphatic heterocycles. The minimum Gasteiger partial charge on any atom is -0.380 e. The Balaban J connectivity index is 1.73. The van der Waals surface area contributed by atoms with Gasteiger partial charge in [0.2, 0.25) is 0 Å². The smallest absolute Gasteiger partial charge is 0.275 e. The van der Waals surface area contributed by atoms with E-state index < -0.39 is 23.8 Å². The molecule has 1 heterocycles. The molecule has 9 nitrogen and oxygen atoms in total. The molecule has 1 unspecified atom stereocenters. The topological polar surface area (TPSA) is 111 Å². The second-order valence-corrected chi connectivity index (χ2v) is 8.37. The van der Waals surface area contributed by atoms with Crippen LogP contribution in [0.15, 0.2) is 42.5 Å². The summed E-state index contributed by atoms with van der Waals surface area (Å²) in [5.41, 5.74) is 6.22. The summed E-state index contributed by atoms with van der Waals surface area (Å²) in [6.45, 7) is 6.56. The molecule has 0 aromatic heterocycles. The maximum atomic E-state index is 12.9. The van der Waals surface area contributed by atoms with Crippen molar-refractivity contribution in [2.45, 2.75) is 25.9 Å². The summed E-state index contributed by atoms with van der Waals surface area (Å²) >= 11 is 0. The predicted octanol–water partition coefficient (Wildman–Crippen LogP) is 1.58. The summed E-state index contributed by atoms with van der Waals surface area (Å²) < 4.78 is 5.54. The van der Waals surface area contributed by atoms with Gasteiger partial charge in [-0.2, -0.15) is 0 Å². The van der Waals surface area contributed by atoms with Crippen molar-refractivity contribution in [2.75, 3.05) is 40.4 Å². The Morgan fingerprint density at radius 1 is 1.06 bits per heavy atom. The second-order valence-electron chi connectivity index (χ2n) is 8.37. The number of carbonyl (C=O) groups excluding carboxylic acids is 3. The van der Waals surface area contributed by atoms with Crippen LogP contribution in [-0.4, -0.2) is 79.2 Å². The standard InChI is InChI=1S/C25H32N4O5/c1-17-15-20(9-10-21(17)16-29-11-4-13-34-14-12-29)18-5-7-19(8-6-18)25(32)28(3)22(23(30)26-2)24(31)27-33/h5-10,15,22,33H,4,11-14,16H2,1-3H3,(H,26,30)(H,27,31). The number of rotatable bonds is 7. The molecule has 3 amide bonds. The Kier molecular flexibility index (Phi) is 8.75. The van der Waals surface area contributed by atoms with Gasteiger partial charge < -0.3 is 15.0 Å². The number of nitrogens with one attached hydrogen (secondary N) is 2. The van der Waals surface area contributed by atoms with E-state index in [1.807, 2.05) is 12.1 Å². The summed E-state index contributed by atoms with van der Waals surface area (Å²) in [4.78, 5) is 40.2. The third-order valence-corrected chi connectivity index (χ3v) is 6.08. The predicted molar refractivity (Wildman–Crippen MR) is 127 cm³/mol. The van der Waals surface area contributed by atoms with Gasteiger partial charge in [0.15, 0.2) is 6.04 Å². The number of hydrogen-bond donors (Lipinski definition) is 3. The summed E-state index contributed by atoms with van der Waals surface area (Å²) in [5, 5.41) is 11.3. The van der Waals surface area contributed by atoms with Gasteiger partial charge in [-0.25, -0.2) is 5.48 Å².